The monoisotopic (exact) mass is 273 g/mol. The van der Waals surface area contributed by atoms with Gasteiger partial charge in [0.2, 0.25) is 5.96 Å². The van der Waals surface area contributed by atoms with Crippen molar-refractivity contribution < 1.29 is 4.74 Å². The fourth-order valence-electron chi connectivity index (χ4n) is 1.96. The van der Waals surface area contributed by atoms with Gasteiger partial charge in [-0.25, -0.2) is 10.8 Å². The summed E-state index contributed by atoms with van der Waals surface area (Å²) in [6.07, 6.45) is 3.58. The van der Waals surface area contributed by atoms with Gasteiger partial charge in [0, 0.05) is 36.0 Å². The number of hydrogen-bond acceptors (Lipinski definition) is 4. The molecule has 6 nitrogen and oxygen atoms in total. The Bertz CT molecular complexity index is 594. The molecule has 2 aromatic rings. The molecule has 2 rings (SSSR count). The van der Waals surface area contributed by atoms with Crippen LogP contribution in [0.2, 0.25) is 0 Å². The van der Waals surface area contributed by atoms with E-state index in [1.54, 1.807) is 13.3 Å². The molecule has 0 aliphatic heterocycles. The van der Waals surface area contributed by atoms with E-state index in [-0.39, 0.29) is 6.04 Å². The van der Waals surface area contributed by atoms with Crippen LogP contribution in [0.25, 0.3) is 10.8 Å². The quantitative estimate of drug-likeness (QED) is 0.340. The first kappa shape index (κ1) is 14.2. The molecule has 0 saturated heterocycles. The molecule has 0 radical (unpaired) electrons. The molecule has 0 amide bonds. The van der Waals surface area contributed by atoms with E-state index in [1.807, 2.05) is 37.4 Å². The Morgan fingerprint density at radius 1 is 1.45 bits per heavy atom. The number of pyridine rings is 1. The Morgan fingerprint density at radius 3 is 3.05 bits per heavy atom. The van der Waals surface area contributed by atoms with Crippen LogP contribution in [0.4, 0.5) is 5.69 Å². The summed E-state index contributed by atoms with van der Waals surface area (Å²) in [4.78, 5) is 8.53. The molecule has 1 unspecified atom stereocenters. The molecular formula is C14H19N5O. The summed E-state index contributed by atoms with van der Waals surface area (Å²) in [7, 11) is 1.65. The van der Waals surface area contributed by atoms with E-state index < -0.39 is 0 Å². The van der Waals surface area contributed by atoms with E-state index in [4.69, 9.17) is 10.6 Å². The minimum Gasteiger partial charge on any atom is -0.382 e. The van der Waals surface area contributed by atoms with Crippen LogP contribution >= 0.6 is 0 Å². The van der Waals surface area contributed by atoms with Crippen molar-refractivity contribution in [2.24, 2.45) is 10.8 Å². The molecular weight excluding hydrogens is 254 g/mol. The summed E-state index contributed by atoms with van der Waals surface area (Å²) >= 11 is 0. The van der Waals surface area contributed by atoms with E-state index in [0.717, 1.165) is 16.5 Å². The number of hydrogen-bond donors (Lipinski definition) is 3. The van der Waals surface area contributed by atoms with E-state index >= 15 is 0 Å². The van der Waals surface area contributed by atoms with Crippen LogP contribution in [0.15, 0.2) is 41.7 Å². The highest BCUT2D eigenvalue weighted by atomic mass is 16.5. The lowest BCUT2D eigenvalue weighted by molar-refractivity contribution is 0.185. The van der Waals surface area contributed by atoms with Gasteiger partial charge in [-0.3, -0.25) is 10.4 Å². The zero-order chi connectivity index (χ0) is 14.4. The fourth-order valence-corrected chi connectivity index (χ4v) is 1.96. The summed E-state index contributed by atoms with van der Waals surface area (Å²) < 4.78 is 5.06. The van der Waals surface area contributed by atoms with Gasteiger partial charge >= 0.3 is 0 Å². The summed E-state index contributed by atoms with van der Waals surface area (Å²) in [5, 5.41) is 5.31. The van der Waals surface area contributed by atoms with Crippen molar-refractivity contribution >= 4 is 22.4 Å². The molecule has 1 atom stereocenters. The van der Waals surface area contributed by atoms with Crippen LogP contribution in [-0.2, 0) is 4.74 Å². The van der Waals surface area contributed by atoms with Gasteiger partial charge in [0.05, 0.1) is 12.6 Å². The molecule has 0 aliphatic carbocycles. The SMILES string of the molecule is COCC(C)N=C(NN)Nc1cccc2cnccc12. The number of nitrogens with zero attached hydrogens (tertiary/aromatic N) is 2. The van der Waals surface area contributed by atoms with Crippen molar-refractivity contribution in [2.45, 2.75) is 13.0 Å². The highest BCUT2D eigenvalue weighted by molar-refractivity contribution is 6.02. The van der Waals surface area contributed by atoms with E-state index in [9.17, 15) is 0 Å². The molecule has 0 spiro atoms. The molecule has 1 aromatic heterocycles. The Morgan fingerprint density at radius 2 is 2.30 bits per heavy atom. The van der Waals surface area contributed by atoms with Crippen LogP contribution in [0.5, 0.6) is 0 Å². The topological polar surface area (TPSA) is 84.6 Å². The predicted octanol–water partition coefficient (Wildman–Crippen LogP) is 1.50. The first-order valence-corrected chi connectivity index (χ1v) is 6.37. The third-order valence-corrected chi connectivity index (χ3v) is 2.83. The maximum absolute atomic E-state index is 5.51. The lowest BCUT2D eigenvalue weighted by atomic mass is 10.1. The number of nitrogens with one attached hydrogen (secondary N) is 2. The van der Waals surface area contributed by atoms with Crippen molar-refractivity contribution in [1.82, 2.24) is 10.4 Å². The van der Waals surface area contributed by atoms with Crippen LogP contribution < -0.4 is 16.6 Å². The first-order valence-electron chi connectivity index (χ1n) is 6.37. The van der Waals surface area contributed by atoms with E-state index in [0.29, 0.717) is 12.6 Å². The number of rotatable bonds is 4. The first-order chi connectivity index (χ1) is 9.74. The molecule has 1 aromatic carbocycles. The van der Waals surface area contributed by atoms with Crippen molar-refractivity contribution in [3.8, 4) is 0 Å². The van der Waals surface area contributed by atoms with Gasteiger partial charge in [-0.2, -0.15) is 0 Å². The zero-order valence-corrected chi connectivity index (χ0v) is 11.6. The number of hydrazine groups is 1. The number of nitrogens with two attached hydrogens (primary N) is 1. The van der Waals surface area contributed by atoms with Crippen LogP contribution in [0, 0.1) is 0 Å². The number of ether oxygens (including phenoxy) is 1. The lowest BCUT2D eigenvalue weighted by Gasteiger charge is -2.13. The van der Waals surface area contributed by atoms with Gasteiger partial charge in [-0.15, -0.1) is 0 Å². The van der Waals surface area contributed by atoms with Crippen molar-refractivity contribution in [3.63, 3.8) is 0 Å². The Kier molecular flexibility index (Phi) is 4.86. The summed E-state index contributed by atoms with van der Waals surface area (Å²) in [5.74, 6) is 6.01. The number of benzene rings is 1. The lowest BCUT2D eigenvalue weighted by Crippen LogP contribution is -2.37. The number of fused-ring (bicyclic) bond motifs is 1. The van der Waals surface area contributed by atoms with Crippen LogP contribution in [0.1, 0.15) is 6.92 Å². The second kappa shape index (κ2) is 6.83. The van der Waals surface area contributed by atoms with Gasteiger partial charge in [0.15, 0.2) is 0 Å². The van der Waals surface area contributed by atoms with Gasteiger partial charge < -0.3 is 10.1 Å². The number of aliphatic imine (C=N–C) groups is 1. The third kappa shape index (κ3) is 3.43. The van der Waals surface area contributed by atoms with Crippen molar-refractivity contribution in [2.75, 3.05) is 19.0 Å². The van der Waals surface area contributed by atoms with Gasteiger partial charge in [-0.1, -0.05) is 12.1 Å². The maximum Gasteiger partial charge on any atom is 0.210 e. The Balaban J connectivity index is 2.26. The zero-order valence-electron chi connectivity index (χ0n) is 11.6. The molecule has 1 heterocycles. The van der Waals surface area contributed by atoms with Crippen molar-refractivity contribution in [1.29, 1.82) is 0 Å². The smallest absolute Gasteiger partial charge is 0.210 e. The molecule has 0 saturated carbocycles. The summed E-state index contributed by atoms with van der Waals surface area (Å²) in [6, 6.07) is 7.89. The highest BCUT2D eigenvalue weighted by Gasteiger charge is 2.05. The number of anilines is 1. The maximum atomic E-state index is 5.51. The molecule has 6 heteroatoms. The second-order valence-electron chi connectivity index (χ2n) is 4.45. The number of guanidine groups is 1. The normalized spacial score (nSPS) is 13.2. The second-order valence-corrected chi connectivity index (χ2v) is 4.45. The van der Waals surface area contributed by atoms with Gasteiger partial charge in [0.1, 0.15) is 0 Å². The average molecular weight is 273 g/mol. The molecule has 106 valence electrons. The standard InChI is InChI=1S/C14H19N5O/c1-10(9-20-2)17-14(19-15)18-13-5-3-4-11-8-16-7-6-12(11)13/h3-8,10H,9,15H2,1-2H3,(H2,17,18,19). The molecule has 4 N–H and O–H groups in total. The highest BCUT2D eigenvalue weighted by Crippen LogP contribution is 2.21. The predicted molar refractivity (Wildman–Crippen MR) is 81.5 cm³/mol. The molecule has 0 fully saturated rings. The van der Waals surface area contributed by atoms with Crippen LogP contribution in [-0.4, -0.2) is 30.7 Å². The summed E-state index contributed by atoms with van der Waals surface area (Å²) in [5.41, 5.74) is 3.49. The average Bonchev–Trinajstić information content (AvgIpc) is 2.47. The van der Waals surface area contributed by atoms with Gasteiger partial charge in [-0.05, 0) is 19.1 Å². The van der Waals surface area contributed by atoms with Gasteiger partial charge in [0.25, 0.3) is 0 Å². The minimum atomic E-state index is 0.00944. The Hall–Kier alpha value is -2.18. The largest absolute Gasteiger partial charge is 0.382 e. The van der Waals surface area contributed by atoms with Crippen molar-refractivity contribution in [3.05, 3.63) is 36.7 Å². The fraction of sp³-hybridized carbons (Fsp3) is 0.286. The molecule has 0 aliphatic rings. The Labute approximate surface area is 118 Å². The molecule has 20 heavy (non-hydrogen) atoms. The van der Waals surface area contributed by atoms with Crippen LogP contribution in [0.3, 0.4) is 0 Å². The van der Waals surface area contributed by atoms with E-state index in [1.165, 1.54) is 0 Å². The third-order valence-electron chi connectivity index (χ3n) is 2.83. The summed E-state index contributed by atoms with van der Waals surface area (Å²) in [6.45, 7) is 2.49. The molecule has 0 bridgehead atoms. The minimum absolute atomic E-state index is 0.00944. The van der Waals surface area contributed by atoms with E-state index in [2.05, 4.69) is 20.7 Å². The number of methoxy groups -OCH3 is 1. The number of aromatic nitrogens is 1.